The summed E-state index contributed by atoms with van der Waals surface area (Å²) in [7, 11) is 1.65. The lowest BCUT2D eigenvalue weighted by Crippen LogP contribution is -2.03. The monoisotopic (exact) mass is 273 g/mol. The van der Waals surface area contributed by atoms with E-state index in [0.29, 0.717) is 18.7 Å². The molecule has 1 aromatic carbocycles. The summed E-state index contributed by atoms with van der Waals surface area (Å²) in [4.78, 5) is 0. The van der Waals surface area contributed by atoms with Gasteiger partial charge in [0.05, 0.1) is 6.10 Å². The van der Waals surface area contributed by atoms with Gasteiger partial charge < -0.3 is 15.6 Å². The Morgan fingerprint density at radius 3 is 2.93 bits per heavy atom. The van der Waals surface area contributed by atoms with Crippen LogP contribution in [0, 0.1) is 0 Å². The standard InChI is InChI=1S/C11H16BrNO2/c1-15-6-2-3-11(14)9-7-8(12)4-5-10(9)13/h4-5,7,11,14H,2-3,6,13H2,1H3. The summed E-state index contributed by atoms with van der Waals surface area (Å²) in [5.41, 5.74) is 7.19. The number of hydrogen-bond donors (Lipinski definition) is 2. The Kier molecular flexibility index (Phi) is 5.08. The van der Waals surface area contributed by atoms with Crippen molar-refractivity contribution in [1.29, 1.82) is 0 Å². The Bertz CT molecular complexity index is 317. The summed E-state index contributed by atoms with van der Waals surface area (Å²) in [6.45, 7) is 0.658. The summed E-state index contributed by atoms with van der Waals surface area (Å²) in [5.74, 6) is 0. The van der Waals surface area contributed by atoms with Crippen LogP contribution in [0.15, 0.2) is 22.7 Å². The number of hydrogen-bond acceptors (Lipinski definition) is 3. The first kappa shape index (κ1) is 12.5. The highest BCUT2D eigenvalue weighted by molar-refractivity contribution is 9.10. The molecule has 1 rings (SSSR count). The molecule has 0 aliphatic heterocycles. The highest BCUT2D eigenvalue weighted by Gasteiger charge is 2.10. The lowest BCUT2D eigenvalue weighted by molar-refractivity contribution is 0.136. The van der Waals surface area contributed by atoms with Crippen LogP contribution < -0.4 is 5.73 Å². The van der Waals surface area contributed by atoms with Crippen molar-refractivity contribution in [1.82, 2.24) is 0 Å². The Balaban J connectivity index is 2.64. The number of halogens is 1. The molecule has 0 aliphatic rings. The molecule has 1 unspecified atom stereocenters. The van der Waals surface area contributed by atoms with Gasteiger partial charge in [-0.15, -0.1) is 0 Å². The normalized spacial score (nSPS) is 12.7. The Morgan fingerprint density at radius 2 is 2.27 bits per heavy atom. The number of nitrogen functional groups attached to an aromatic ring is 1. The average Bonchev–Trinajstić information content (AvgIpc) is 2.22. The zero-order valence-corrected chi connectivity index (χ0v) is 10.3. The minimum atomic E-state index is -0.516. The number of nitrogens with two attached hydrogens (primary N) is 1. The van der Waals surface area contributed by atoms with E-state index in [9.17, 15) is 5.11 Å². The fourth-order valence-corrected chi connectivity index (χ4v) is 1.79. The van der Waals surface area contributed by atoms with Crippen molar-refractivity contribution in [2.75, 3.05) is 19.5 Å². The van der Waals surface area contributed by atoms with Gasteiger partial charge in [-0.25, -0.2) is 0 Å². The molecule has 0 amide bonds. The molecule has 0 bridgehead atoms. The minimum absolute atomic E-state index is 0.516. The van der Waals surface area contributed by atoms with Crippen LogP contribution in [0.5, 0.6) is 0 Å². The summed E-state index contributed by atoms with van der Waals surface area (Å²) in [6.07, 6.45) is 0.968. The molecule has 0 aromatic heterocycles. The van der Waals surface area contributed by atoms with E-state index < -0.39 is 6.10 Å². The number of benzene rings is 1. The summed E-state index contributed by atoms with van der Waals surface area (Å²) >= 11 is 3.36. The molecule has 3 nitrogen and oxygen atoms in total. The molecule has 0 spiro atoms. The molecular formula is C11H16BrNO2. The largest absolute Gasteiger partial charge is 0.398 e. The first-order chi connectivity index (χ1) is 7.15. The molecule has 0 fully saturated rings. The van der Waals surface area contributed by atoms with E-state index in [1.54, 1.807) is 13.2 Å². The summed E-state index contributed by atoms with van der Waals surface area (Å²) in [6, 6.07) is 5.51. The molecule has 0 saturated heterocycles. The Morgan fingerprint density at radius 1 is 1.53 bits per heavy atom. The molecule has 15 heavy (non-hydrogen) atoms. The maximum Gasteiger partial charge on any atom is 0.0811 e. The van der Waals surface area contributed by atoms with Crippen LogP contribution in [0.1, 0.15) is 24.5 Å². The molecule has 4 heteroatoms. The van der Waals surface area contributed by atoms with Gasteiger partial charge in [0.1, 0.15) is 0 Å². The van der Waals surface area contributed by atoms with Crippen molar-refractivity contribution < 1.29 is 9.84 Å². The van der Waals surface area contributed by atoms with E-state index in [0.717, 1.165) is 16.5 Å². The van der Waals surface area contributed by atoms with Gasteiger partial charge in [0, 0.05) is 29.4 Å². The van der Waals surface area contributed by atoms with Crippen molar-refractivity contribution in [2.45, 2.75) is 18.9 Å². The highest BCUT2D eigenvalue weighted by atomic mass is 79.9. The van der Waals surface area contributed by atoms with Gasteiger partial charge in [-0.3, -0.25) is 0 Å². The molecule has 84 valence electrons. The van der Waals surface area contributed by atoms with Crippen LogP contribution in [-0.4, -0.2) is 18.8 Å². The maximum absolute atomic E-state index is 9.90. The van der Waals surface area contributed by atoms with Crippen molar-refractivity contribution in [2.24, 2.45) is 0 Å². The van der Waals surface area contributed by atoms with Gasteiger partial charge in [-0.1, -0.05) is 15.9 Å². The van der Waals surface area contributed by atoms with Crippen molar-refractivity contribution in [3.05, 3.63) is 28.2 Å². The Hall–Kier alpha value is -0.580. The fraction of sp³-hybridized carbons (Fsp3) is 0.455. The second kappa shape index (κ2) is 6.10. The zero-order chi connectivity index (χ0) is 11.3. The maximum atomic E-state index is 9.90. The highest BCUT2D eigenvalue weighted by Crippen LogP contribution is 2.27. The van der Waals surface area contributed by atoms with Gasteiger partial charge in [-0.05, 0) is 31.0 Å². The third-order valence-electron chi connectivity index (χ3n) is 2.23. The second-order valence-corrected chi connectivity index (χ2v) is 4.34. The molecule has 0 aliphatic carbocycles. The van der Waals surface area contributed by atoms with Gasteiger partial charge in [0.25, 0.3) is 0 Å². The van der Waals surface area contributed by atoms with E-state index in [1.807, 2.05) is 12.1 Å². The quantitative estimate of drug-likeness (QED) is 0.640. The van der Waals surface area contributed by atoms with Crippen LogP contribution in [0.25, 0.3) is 0 Å². The van der Waals surface area contributed by atoms with Crippen LogP contribution in [0.2, 0.25) is 0 Å². The van der Waals surface area contributed by atoms with Crippen molar-refractivity contribution in [3.63, 3.8) is 0 Å². The van der Waals surface area contributed by atoms with Crippen molar-refractivity contribution >= 4 is 21.6 Å². The topological polar surface area (TPSA) is 55.5 Å². The third-order valence-corrected chi connectivity index (χ3v) is 2.73. The van der Waals surface area contributed by atoms with Gasteiger partial charge in [0.15, 0.2) is 0 Å². The molecule has 3 N–H and O–H groups in total. The zero-order valence-electron chi connectivity index (χ0n) is 8.74. The molecule has 0 heterocycles. The van der Waals surface area contributed by atoms with E-state index in [2.05, 4.69) is 15.9 Å². The SMILES string of the molecule is COCCCC(O)c1cc(Br)ccc1N. The van der Waals surface area contributed by atoms with Crippen LogP contribution >= 0.6 is 15.9 Å². The molecule has 0 saturated carbocycles. The molecule has 1 aromatic rings. The number of methoxy groups -OCH3 is 1. The third kappa shape index (κ3) is 3.81. The van der Waals surface area contributed by atoms with Gasteiger partial charge in [0.2, 0.25) is 0 Å². The van der Waals surface area contributed by atoms with E-state index >= 15 is 0 Å². The van der Waals surface area contributed by atoms with Crippen LogP contribution in [-0.2, 0) is 4.74 Å². The number of anilines is 1. The smallest absolute Gasteiger partial charge is 0.0811 e. The van der Waals surface area contributed by atoms with Crippen LogP contribution in [0.3, 0.4) is 0 Å². The van der Waals surface area contributed by atoms with Crippen molar-refractivity contribution in [3.8, 4) is 0 Å². The van der Waals surface area contributed by atoms with E-state index in [-0.39, 0.29) is 0 Å². The minimum Gasteiger partial charge on any atom is -0.398 e. The first-order valence-electron chi connectivity index (χ1n) is 4.87. The summed E-state index contributed by atoms with van der Waals surface area (Å²) < 4.78 is 5.86. The first-order valence-corrected chi connectivity index (χ1v) is 5.66. The number of ether oxygens (including phenoxy) is 1. The second-order valence-electron chi connectivity index (χ2n) is 3.42. The fourth-order valence-electron chi connectivity index (χ4n) is 1.41. The lowest BCUT2D eigenvalue weighted by atomic mass is 10.0. The number of aliphatic hydroxyl groups is 1. The predicted molar refractivity (Wildman–Crippen MR) is 64.6 cm³/mol. The van der Waals surface area contributed by atoms with Crippen LogP contribution in [0.4, 0.5) is 5.69 Å². The molecule has 1 atom stereocenters. The molecular weight excluding hydrogens is 258 g/mol. The summed E-state index contributed by atoms with van der Waals surface area (Å²) in [5, 5.41) is 9.90. The number of aliphatic hydroxyl groups excluding tert-OH is 1. The van der Waals surface area contributed by atoms with E-state index in [4.69, 9.17) is 10.5 Å². The predicted octanol–water partition coefficient (Wildman–Crippen LogP) is 2.49. The van der Waals surface area contributed by atoms with Gasteiger partial charge in [-0.2, -0.15) is 0 Å². The lowest BCUT2D eigenvalue weighted by Gasteiger charge is -2.13. The van der Waals surface area contributed by atoms with E-state index in [1.165, 1.54) is 0 Å². The Labute approximate surface area is 98.4 Å². The number of rotatable bonds is 5. The van der Waals surface area contributed by atoms with Gasteiger partial charge >= 0.3 is 0 Å². The molecule has 0 radical (unpaired) electrons. The average molecular weight is 274 g/mol.